The number of nitrogens with zero attached hydrogens (tertiary/aromatic N) is 1. The number of H-pyrrole nitrogens is 1. The van der Waals surface area contributed by atoms with Gasteiger partial charge in [0, 0.05) is 24.0 Å². The minimum Gasteiger partial charge on any atom is -0.367 e. The summed E-state index contributed by atoms with van der Waals surface area (Å²) in [7, 11) is 0. The largest absolute Gasteiger partial charge is 0.367 e. The third kappa shape index (κ3) is 1.37. The molecule has 0 unspecified atom stereocenters. The first-order valence-corrected chi connectivity index (χ1v) is 4.15. The summed E-state index contributed by atoms with van der Waals surface area (Å²) in [4.78, 5) is 13.2. The van der Waals surface area contributed by atoms with E-state index in [0.29, 0.717) is 5.56 Å². The summed E-state index contributed by atoms with van der Waals surface area (Å²) >= 11 is 0. The maximum Gasteiger partial charge on any atom is 0.277 e. The molecule has 0 spiro atoms. The van der Waals surface area contributed by atoms with Gasteiger partial charge in [0.25, 0.3) is 5.69 Å². The Hall–Kier alpha value is -2.10. The summed E-state index contributed by atoms with van der Waals surface area (Å²) in [5.41, 5.74) is 1.60. The van der Waals surface area contributed by atoms with Crippen molar-refractivity contribution < 1.29 is 4.92 Å². The van der Waals surface area contributed by atoms with Gasteiger partial charge in [-0.3, -0.25) is 10.1 Å². The van der Waals surface area contributed by atoms with Crippen molar-refractivity contribution in [1.29, 1.82) is 0 Å². The fourth-order valence-corrected chi connectivity index (χ4v) is 1.37. The molecule has 0 radical (unpaired) electrons. The summed E-state index contributed by atoms with van der Waals surface area (Å²) in [6.45, 7) is 0. The summed E-state index contributed by atoms with van der Waals surface area (Å²) in [6.07, 6.45) is 3.48. The lowest BCUT2D eigenvalue weighted by Gasteiger charge is -1.98. The van der Waals surface area contributed by atoms with E-state index in [1.165, 1.54) is 6.07 Å². The quantitative estimate of drug-likeness (QED) is 0.581. The lowest BCUT2D eigenvalue weighted by atomic mass is 10.1. The van der Waals surface area contributed by atoms with Crippen molar-refractivity contribution >= 4 is 5.69 Å². The zero-order chi connectivity index (χ0) is 9.97. The molecule has 0 aliphatic heterocycles. The number of para-hydroxylation sites is 1. The van der Waals surface area contributed by atoms with Crippen molar-refractivity contribution in [2.45, 2.75) is 0 Å². The minimum absolute atomic E-state index is 0.132. The number of rotatable bonds is 2. The highest BCUT2D eigenvalue weighted by molar-refractivity contribution is 5.72. The van der Waals surface area contributed by atoms with Crippen molar-refractivity contribution in [3.05, 3.63) is 52.8 Å². The van der Waals surface area contributed by atoms with Crippen LogP contribution in [0.2, 0.25) is 0 Å². The Bertz CT molecular complexity index is 449. The van der Waals surface area contributed by atoms with Crippen LogP contribution in [0.3, 0.4) is 0 Å². The lowest BCUT2D eigenvalue weighted by molar-refractivity contribution is -0.384. The van der Waals surface area contributed by atoms with Gasteiger partial charge < -0.3 is 4.98 Å². The molecule has 0 saturated heterocycles. The highest BCUT2D eigenvalue weighted by atomic mass is 16.6. The number of nitro benzene ring substituents is 1. The highest BCUT2D eigenvalue weighted by Gasteiger charge is 2.13. The summed E-state index contributed by atoms with van der Waals surface area (Å²) in [6, 6.07) is 8.50. The summed E-state index contributed by atoms with van der Waals surface area (Å²) < 4.78 is 0. The number of nitro groups is 1. The molecule has 0 atom stereocenters. The third-order valence-electron chi connectivity index (χ3n) is 2.01. The first kappa shape index (κ1) is 8.50. The monoisotopic (exact) mass is 188 g/mol. The molecule has 0 bridgehead atoms. The Labute approximate surface area is 80.4 Å². The van der Waals surface area contributed by atoms with Gasteiger partial charge in [0.15, 0.2) is 0 Å². The second kappa shape index (κ2) is 3.33. The minimum atomic E-state index is -0.373. The molecule has 4 nitrogen and oxygen atoms in total. The van der Waals surface area contributed by atoms with Gasteiger partial charge >= 0.3 is 0 Å². The maximum absolute atomic E-state index is 10.7. The Morgan fingerprint density at radius 1 is 1.21 bits per heavy atom. The van der Waals surface area contributed by atoms with E-state index in [0.717, 1.165) is 5.56 Å². The van der Waals surface area contributed by atoms with E-state index < -0.39 is 0 Å². The van der Waals surface area contributed by atoms with E-state index in [1.807, 2.05) is 6.07 Å². The number of hydrogen-bond acceptors (Lipinski definition) is 2. The maximum atomic E-state index is 10.7. The zero-order valence-corrected chi connectivity index (χ0v) is 7.31. The van der Waals surface area contributed by atoms with E-state index >= 15 is 0 Å². The molecule has 14 heavy (non-hydrogen) atoms. The average molecular weight is 188 g/mol. The molecule has 1 aromatic heterocycles. The van der Waals surface area contributed by atoms with E-state index in [1.54, 1.807) is 30.6 Å². The van der Waals surface area contributed by atoms with Crippen LogP contribution in [0.1, 0.15) is 0 Å². The number of benzene rings is 1. The van der Waals surface area contributed by atoms with Crippen LogP contribution >= 0.6 is 0 Å². The van der Waals surface area contributed by atoms with Gasteiger partial charge in [-0.1, -0.05) is 12.1 Å². The smallest absolute Gasteiger partial charge is 0.277 e. The van der Waals surface area contributed by atoms with Crippen LogP contribution < -0.4 is 0 Å². The molecule has 0 aliphatic carbocycles. The van der Waals surface area contributed by atoms with Crippen LogP contribution in [-0.4, -0.2) is 9.91 Å². The van der Waals surface area contributed by atoms with Gasteiger partial charge in [-0.2, -0.15) is 0 Å². The fraction of sp³-hybridized carbons (Fsp3) is 0. The Morgan fingerprint density at radius 2 is 2.00 bits per heavy atom. The lowest BCUT2D eigenvalue weighted by Crippen LogP contribution is -1.90. The molecule has 0 amide bonds. The second-order valence-electron chi connectivity index (χ2n) is 2.87. The van der Waals surface area contributed by atoms with Gasteiger partial charge in [-0.25, -0.2) is 0 Å². The zero-order valence-electron chi connectivity index (χ0n) is 7.31. The van der Waals surface area contributed by atoms with Gasteiger partial charge in [0.1, 0.15) is 0 Å². The predicted molar refractivity (Wildman–Crippen MR) is 52.9 cm³/mol. The standard InChI is InChI=1S/C10H8N2O2/c13-12(14)10-4-2-1-3-9(10)8-5-6-11-7-8/h1-7,11H. The van der Waals surface area contributed by atoms with E-state index in [9.17, 15) is 10.1 Å². The molecular formula is C10H8N2O2. The van der Waals surface area contributed by atoms with Crippen molar-refractivity contribution in [3.63, 3.8) is 0 Å². The molecule has 70 valence electrons. The molecule has 1 heterocycles. The van der Waals surface area contributed by atoms with Crippen molar-refractivity contribution in [1.82, 2.24) is 4.98 Å². The van der Waals surface area contributed by atoms with Gasteiger partial charge in [0.05, 0.1) is 10.5 Å². The van der Waals surface area contributed by atoms with Gasteiger partial charge in [-0.15, -0.1) is 0 Å². The van der Waals surface area contributed by atoms with E-state index in [4.69, 9.17) is 0 Å². The van der Waals surface area contributed by atoms with Gasteiger partial charge in [0.2, 0.25) is 0 Å². The molecular weight excluding hydrogens is 180 g/mol. The van der Waals surface area contributed by atoms with Crippen LogP contribution in [0.4, 0.5) is 5.69 Å². The van der Waals surface area contributed by atoms with Crippen LogP contribution in [0, 0.1) is 10.1 Å². The average Bonchev–Trinajstić information content (AvgIpc) is 2.70. The third-order valence-corrected chi connectivity index (χ3v) is 2.01. The number of aromatic amines is 1. The molecule has 2 aromatic rings. The SMILES string of the molecule is O=[N+]([O-])c1ccccc1-c1cc[nH]c1. The Morgan fingerprint density at radius 3 is 2.64 bits per heavy atom. The van der Waals surface area contributed by atoms with Crippen molar-refractivity contribution in [2.75, 3.05) is 0 Å². The van der Waals surface area contributed by atoms with Crippen molar-refractivity contribution in [2.24, 2.45) is 0 Å². The summed E-state index contributed by atoms with van der Waals surface area (Å²) in [5.74, 6) is 0. The van der Waals surface area contributed by atoms with Crippen LogP contribution in [0.5, 0.6) is 0 Å². The van der Waals surface area contributed by atoms with Gasteiger partial charge in [-0.05, 0) is 12.1 Å². The molecule has 1 N–H and O–H groups in total. The first-order chi connectivity index (χ1) is 6.79. The second-order valence-corrected chi connectivity index (χ2v) is 2.87. The van der Waals surface area contributed by atoms with Crippen LogP contribution in [0.15, 0.2) is 42.7 Å². The Kier molecular flexibility index (Phi) is 2.02. The number of aromatic nitrogens is 1. The normalized spacial score (nSPS) is 10.0. The van der Waals surface area contributed by atoms with E-state index in [2.05, 4.69) is 4.98 Å². The molecule has 4 heteroatoms. The molecule has 2 rings (SSSR count). The molecule has 0 fully saturated rings. The number of hydrogen-bond donors (Lipinski definition) is 1. The van der Waals surface area contributed by atoms with E-state index in [-0.39, 0.29) is 10.6 Å². The highest BCUT2D eigenvalue weighted by Crippen LogP contribution is 2.28. The fourth-order valence-electron chi connectivity index (χ4n) is 1.37. The number of nitrogens with one attached hydrogen (secondary N) is 1. The van der Waals surface area contributed by atoms with Crippen molar-refractivity contribution in [3.8, 4) is 11.1 Å². The topological polar surface area (TPSA) is 58.9 Å². The molecule has 0 saturated carbocycles. The first-order valence-electron chi connectivity index (χ1n) is 4.15. The van der Waals surface area contributed by atoms with Crippen LogP contribution in [-0.2, 0) is 0 Å². The predicted octanol–water partition coefficient (Wildman–Crippen LogP) is 2.59. The molecule has 1 aromatic carbocycles. The van der Waals surface area contributed by atoms with Crippen LogP contribution in [0.25, 0.3) is 11.1 Å². The summed E-state index contributed by atoms with van der Waals surface area (Å²) in [5, 5.41) is 10.7. The molecule has 0 aliphatic rings. The Balaban J connectivity index is 2.58.